The van der Waals surface area contributed by atoms with Gasteiger partial charge in [-0.05, 0) is 70.5 Å². The van der Waals surface area contributed by atoms with Crippen LogP contribution in [0, 0.1) is 2.88 Å². The number of carbonyl (C=O) groups is 1. The van der Waals surface area contributed by atoms with Crippen LogP contribution in [0.5, 0.6) is 0 Å². The molecule has 0 aliphatic heterocycles. The van der Waals surface area contributed by atoms with E-state index in [0.29, 0.717) is 11.5 Å². The quantitative estimate of drug-likeness (QED) is 0.595. The zero-order chi connectivity index (χ0) is 12.0. The second kappa shape index (κ2) is 4.24. The van der Waals surface area contributed by atoms with Crippen molar-refractivity contribution in [3.05, 3.63) is 32.2 Å². The highest BCUT2D eigenvalue weighted by Crippen LogP contribution is 2.48. The Morgan fingerprint density at radius 1 is 1.47 bits per heavy atom. The minimum Gasteiger partial charge on any atom is -0.465 e. The number of thiophene rings is 1. The Morgan fingerprint density at radius 3 is 2.88 bits per heavy atom. The maximum atomic E-state index is 11.5. The third kappa shape index (κ3) is 1.97. The van der Waals surface area contributed by atoms with Gasteiger partial charge in [0, 0.05) is 4.70 Å². The van der Waals surface area contributed by atoms with Crippen LogP contribution in [0.1, 0.15) is 34.7 Å². The SMILES string of the molecule is COC(=O)c1ccc2sc(I)c(C3CC3)c2c1. The van der Waals surface area contributed by atoms with E-state index in [0.717, 1.165) is 0 Å². The highest BCUT2D eigenvalue weighted by atomic mass is 127. The maximum absolute atomic E-state index is 11.5. The van der Waals surface area contributed by atoms with E-state index >= 15 is 0 Å². The number of ether oxygens (including phenoxy) is 1. The molecular formula is C13H11IO2S. The first-order valence-corrected chi connectivity index (χ1v) is 7.40. The van der Waals surface area contributed by atoms with Gasteiger partial charge in [0.2, 0.25) is 0 Å². The van der Waals surface area contributed by atoms with Crippen LogP contribution in [0.15, 0.2) is 18.2 Å². The van der Waals surface area contributed by atoms with Gasteiger partial charge in [0.25, 0.3) is 0 Å². The molecule has 0 N–H and O–H groups in total. The molecule has 2 aromatic rings. The summed E-state index contributed by atoms with van der Waals surface area (Å²) in [6, 6.07) is 5.85. The van der Waals surface area contributed by atoms with E-state index in [1.807, 2.05) is 29.5 Å². The second-order valence-electron chi connectivity index (χ2n) is 4.27. The molecule has 4 heteroatoms. The Hall–Kier alpha value is -0.620. The van der Waals surface area contributed by atoms with Gasteiger partial charge < -0.3 is 4.74 Å². The van der Waals surface area contributed by atoms with Crippen LogP contribution in [0.2, 0.25) is 0 Å². The van der Waals surface area contributed by atoms with Crippen molar-refractivity contribution in [3.63, 3.8) is 0 Å². The lowest BCUT2D eigenvalue weighted by Gasteiger charge is -2.01. The van der Waals surface area contributed by atoms with Gasteiger partial charge in [-0.25, -0.2) is 4.79 Å². The lowest BCUT2D eigenvalue weighted by molar-refractivity contribution is 0.0601. The number of benzene rings is 1. The number of esters is 1. The minimum absolute atomic E-state index is 0.255. The van der Waals surface area contributed by atoms with Gasteiger partial charge in [0.05, 0.1) is 15.6 Å². The lowest BCUT2D eigenvalue weighted by atomic mass is 10.1. The number of hydrogen-bond acceptors (Lipinski definition) is 3. The predicted molar refractivity (Wildman–Crippen MR) is 77.9 cm³/mol. The number of halogens is 1. The summed E-state index contributed by atoms with van der Waals surface area (Å²) in [7, 11) is 1.42. The molecule has 0 spiro atoms. The van der Waals surface area contributed by atoms with E-state index in [-0.39, 0.29) is 5.97 Å². The fraction of sp³-hybridized carbons (Fsp3) is 0.308. The topological polar surface area (TPSA) is 26.3 Å². The summed E-state index contributed by atoms with van der Waals surface area (Å²) in [6.45, 7) is 0. The van der Waals surface area contributed by atoms with Gasteiger partial charge in [-0.3, -0.25) is 0 Å². The fourth-order valence-electron chi connectivity index (χ4n) is 2.08. The van der Waals surface area contributed by atoms with Crippen molar-refractivity contribution in [2.45, 2.75) is 18.8 Å². The van der Waals surface area contributed by atoms with Crippen LogP contribution in [0.3, 0.4) is 0 Å². The molecule has 3 rings (SSSR count). The Bertz CT molecular complexity index is 599. The largest absolute Gasteiger partial charge is 0.465 e. The normalized spacial score (nSPS) is 15.2. The molecule has 1 fully saturated rings. The molecule has 17 heavy (non-hydrogen) atoms. The van der Waals surface area contributed by atoms with Crippen molar-refractivity contribution in [1.29, 1.82) is 0 Å². The molecule has 2 nitrogen and oxygen atoms in total. The van der Waals surface area contributed by atoms with Crippen molar-refractivity contribution in [2.24, 2.45) is 0 Å². The average molecular weight is 358 g/mol. The monoisotopic (exact) mass is 358 g/mol. The molecule has 1 saturated carbocycles. The molecule has 1 aromatic carbocycles. The zero-order valence-electron chi connectivity index (χ0n) is 9.33. The summed E-state index contributed by atoms with van der Waals surface area (Å²) < 4.78 is 7.40. The summed E-state index contributed by atoms with van der Waals surface area (Å²) in [4.78, 5) is 11.5. The van der Waals surface area contributed by atoms with E-state index in [9.17, 15) is 4.79 Å². The Morgan fingerprint density at radius 2 is 2.24 bits per heavy atom. The second-order valence-corrected chi connectivity index (χ2v) is 7.13. The molecule has 1 heterocycles. The molecular weight excluding hydrogens is 347 g/mol. The van der Waals surface area contributed by atoms with Gasteiger partial charge in [-0.15, -0.1) is 11.3 Å². The molecule has 88 valence electrons. The maximum Gasteiger partial charge on any atom is 0.337 e. The van der Waals surface area contributed by atoms with E-state index in [4.69, 9.17) is 4.74 Å². The summed E-state index contributed by atoms with van der Waals surface area (Å²) in [5, 5.41) is 1.24. The van der Waals surface area contributed by atoms with Gasteiger partial charge in [-0.2, -0.15) is 0 Å². The molecule has 0 saturated heterocycles. The molecule has 0 radical (unpaired) electrons. The summed E-state index contributed by atoms with van der Waals surface area (Å²) in [6.07, 6.45) is 2.56. The summed E-state index contributed by atoms with van der Waals surface area (Å²) in [5.41, 5.74) is 2.09. The van der Waals surface area contributed by atoms with E-state index in [1.165, 1.54) is 38.5 Å². The van der Waals surface area contributed by atoms with Gasteiger partial charge >= 0.3 is 5.97 Å². The zero-order valence-corrected chi connectivity index (χ0v) is 12.3. The highest BCUT2D eigenvalue weighted by molar-refractivity contribution is 14.1. The first-order chi connectivity index (χ1) is 8.20. The summed E-state index contributed by atoms with van der Waals surface area (Å²) in [5.74, 6) is 0.457. The van der Waals surface area contributed by atoms with E-state index < -0.39 is 0 Å². The minimum atomic E-state index is -0.255. The van der Waals surface area contributed by atoms with Crippen LogP contribution in [0.4, 0.5) is 0 Å². The Labute approximate surface area is 117 Å². The van der Waals surface area contributed by atoms with Crippen LogP contribution < -0.4 is 0 Å². The molecule has 1 aliphatic carbocycles. The molecule has 1 aliphatic rings. The first kappa shape index (κ1) is 11.5. The highest BCUT2D eigenvalue weighted by Gasteiger charge is 2.29. The third-order valence-corrected chi connectivity index (χ3v) is 5.30. The van der Waals surface area contributed by atoms with Crippen LogP contribution in [-0.4, -0.2) is 13.1 Å². The van der Waals surface area contributed by atoms with Crippen molar-refractivity contribution in [3.8, 4) is 0 Å². The lowest BCUT2D eigenvalue weighted by Crippen LogP contribution is -2.00. The van der Waals surface area contributed by atoms with Gasteiger partial charge in [0.1, 0.15) is 0 Å². The van der Waals surface area contributed by atoms with E-state index in [1.54, 1.807) is 0 Å². The number of methoxy groups -OCH3 is 1. The molecule has 1 aromatic heterocycles. The third-order valence-electron chi connectivity index (χ3n) is 3.09. The number of hydrogen-bond donors (Lipinski definition) is 0. The smallest absolute Gasteiger partial charge is 0.337 e. The van der Waals surface area contributed by atoms with Crippen molar-refractivity contribution in [1.82, 2.24) is 0 Å². The van der Waals surface area contributed by atoms with Gasteiger partial charge in [0.15, 0.2) is 0 Å². The predicted octanol–water partition coefficient (Wildman–Crippen LogP) is 4.17. The van der Waals surface area contributed by atoms with Crippen molar-refractivity contribution < 1.29 is 9.53 Å². The number of rotatable bonds is 2. The number of fused-ring (bicyclic) bond motifs is 1. The number of carbonyl (C=O) groups excluding carboxylic acids is 1. The van der Waals surface area contributed by atoms with Crippen LogP contribution >= 0.6 is 33.9 Å². The van der Waals surface area contributed by atoms with Crippen LogP contribution in [-0.2, 0) is 4.74 Å². The van der Waals surface area contributed by atoms with Gasteiger partial charge in [-0.1, -0.05) is 0 Å². The average Bonchev–Trinajstić information content (AvgIpc) is 3.10. The first-order valence-electron chi connectivity index (χ1n) is 5.51. The molecule has 0 atom stereocenters. The molecule has 0 amide bonds. The fourth-order valence-corrected chi connectivity index (χ4v) is 4.52. The Balaban J connectivity index is 2.19. The van der Waals surface area contributed by atoms with Crippen molar-refractivity contribution >= 4 is 50.0 Å². The van der Waals surface area contributed by atoms with Crippen LogP contribution in [0.25, 0.3) is 10.1 Å². The van der Waals surface area contributed by atoms with E-state index in [2.05, 4.69) is 22.6 Å². The molecule has 0 unspecified atom stereocenters. The Kier molecular flexibility index (Phi) is 2.86. The summed E-state index contributed by atoms with van der Waals surface area (Å²) >= 11 is 4.22. The molecule has 0 bridgehead atoms. The van der Waals surface area contributed by atoms with Crippen molar-refractivity contribution in [2.75, 3.05) is 7.11 Å². The standard InChI is InChI=1S/C13H11IO2S/c1-16-13(15)8-4-5-10-9(6-8)11(7-2-3-7)12(14)17-10/h4-7H,2-3H2,1H3.